The fourth-order valence-electron chi connectivity index (χ4n) is 1.99. The summed E-state index contributed by atoms with van der Waals surface area (Å²) in [7, 11) is 0. The molecule has 0 atom stereocenters. The number of hydrogen-bond donors (Lipinski definition) is 5. The van der Waals surface area contributed by atoms with Crippen LogP contribution in [0.15, 0.2) is 0 Å². The maximum atomic E-state index is 11.1. The van der Waals surface area contributed by atoms with Gasteiger partial charge in [-0.3, -0.25) is 9.69 Å². The van der Waals surface area contributed by atoms with Gasteiger partial charge in [-0.1, -0.05) is 13.8 Å². The molecule has 0 aromatic rings. The average Bonchev–Trinajstić information content (AvgIpc) is 2.53. The first-order valence-electron chi connectivity index (χ1n) is 8.55. The number of nitrogens with zero attached hydrogens (tertiary/aromatic N) is 1. The zero-order valence-electron chi connectivity index (χ0n) is 14.4. The van der Waals surface area contributed by atoms with E-state index >= 15 is 0 Å². The third-order valence-corrected chi connectivity index (χ3v) is 3.33. The molecule has 0 aromatic heterocycles. The third-order valence-electron chi connectivity index (χ3n) is 3.33. The molecule has 0 bridgehead atoms. The summed E-state index contributed by atoms with van der Waals surface area (Å²) in [6.07, 6.45) is 0.550. The standard InChI is InChI=1S/C15H36N6O/c1-3-15(22)20-8-7-19-11-14-21(12-9-17-4-2)13-10-18-6-5-16/h17-19H,3-14,16H2,1-2H3,(H,20,22). The fraction of sp³-hybridized carbons (Fsp3) is 0.933. The van der Waals surface area contributed by atoms with E-state index in [1.54, 1.807) is 0 Å². The molecule has 0 aromatic carbocycles. The van der Waals surface area contributed by atoms with Gasteiger partial charge >= 0.3 is 0 Å². The summed E-state index contributed by atoms with van der Waals surface area (Å²) in [5.74, 6) is 0.111. The van der Waals surface area contributed by atoms with Gasteiger partial charge in [-0.15, -0.1) is 0 Å². The van der Waals surface area contributed by atoms with Gasteiger partial charge in [0.15, 0.2) is 0 Å². The molecule has 0 heterocycles. The topological polar surface area (TPSA) is 94.4 Å². The number of carbonyl (C=O) groups is 1. The molecule has 0 rings (SSSR count). The van der Waals surface area contributed by atoms with Crippen molar-refractivity contribution < 1.29 is 4.79 Å². The molecule has 7 nitrogen and oxygen atoms in total. The molecule has 6 N–H and O–H groups in total. The Morgan fingerprint density at radius 1 is 0.864 bits per heavy atom. The zero-order chi connectivity index (χ0) is 16.5. The van der Waals surface area contributed by atoms with Gasteiger partial charge in [0, 0.05) is 71.9 Å². The summed E-state index contributed by atoms with van der Waals surface area (Å²) in [5.41, 5.74) is 5.48. The molecule has 0 aliphatic heterocycles. The molecular formula is C15H36N6O. The molecule has 22 heavy (non-hydrogen) atoms. The molecule has 0 unspecified atom stereocenters. The van der Waals surface area contributed by atoms with Crippen LogP contribution < -0.4 is 27.0 Å². The Labute approximate surface area is 135 Å². The normalized spacial score (nSPS) is 11.1. The lowest BCUT2D eigenvalue weighted by atomic mass is 10.4. The van der Waals surface area contributed by atoms with Crippen LogP contribution in [0.5, 0.6) is 0 Å². The maximum absolute atomic E-state index is 11.1. The largest absolute Gasteiger partial charge is 0.355 e. The minimum Gasteiger partial charge on any atom is -0.355 e. The predicted octanol–water partition coefficient (Wildman–Crippen LogP) is -1.44. The quantitative estimate of drug-likeness (QED) is 0.224. The zero-order valence-corrected chi connectivity index (χ0v) is 14.4. The van der Waals surface area contributed by atoms with E-state index in [9.17, 15) is 4.79 Å². The van der Waals surface area contributed by atoms with Crippen molar-refractivity contribution in [1.82, 2.24) is 26.2 Å². The minimum absolute atomic E-state index is 0.111. The highest BCUT2D eigenvalue weighted by atomic mass is 16.1. The Bertz CT molecular complexity index is 252. The highest BCUT2D eigenvalue weighted by Gasteiger charge is 2.03. The molecule has 0 aliphatic carbocycles. The smallest absolute Gasteiger partial charge is 0.219 e. The number of likely N-dealkylation sites (N-methyl/N-ethyl adjacent to an activating group) is 1. The average molecular weight is 316 g/mol. The fourth-order valence-corrected chi connectivity index (χ4v) is 1.99. The Hall–Kier alpha value is -0.730. The van der Waals surface area contributed by atoms with Gasteiger partial charge in [-0.2, -0.15) is 0 Å². The number of nitrogens with one attached hydrogen (secondary N) is 4. The van der Waals surface area contributed by atoms with Crippen molar-refractivity contribution in [2.75, 3.05) is 72.0 Å². The van der Waals surface area contributed by atoms with Gasteiger partial charge in [0.2, 0.25) is 5.91 Å². The van der Waals surface area contributed by atoms with Gasteiger partial charge in [-0.25, -0.2) is 0 Å². The van der Waals surface area contributed by atoms with Crippen LogP contribution in [0.2, 0.25) is 0 Å². The molecule has 0 saturated carbocycles. The van der Waals surface area contributed by atoms with E-state index in [4.69, 9.17) is 5.73 Å². The van der Waals surface area contributed by atoms with Crippen LogP contribution in [0, 0.1) is 0 Å². The number of nitrogens with two attached hydrogens (primary N) is 1. The minimum atomic E-state index is 0.111. The lowest BCUT2D eigenvalue weighted by molar-refractivity contribution is -0.120. The van der Waals surface area contributed by atoms with Crippen LogP contribution in [0.3, 0.4) is 0 Å². The van der Waals surface area contributed by atoms with Gasteiger partial charge < -0.3 is 27.0 Å². The van der Waals surface area contributed by atoms with E-state index in [2.05, 4.69) is 33.1 Å². The van der Waals surface area contributed by atoms with Crippen molar-refractivity contribution in [2.45, 2.75) is 20.3 Å². The van der Waals surface area contributed by atoms with Gasteiger partial charge in [0.1, 0.15) is 0 Å². The predicted molar refractivity (Wildman–Crippen MR) is 93.1 cm³/mol. The van der Waals surface area contributed by atoms with Crippen molar-refractivity contribution in [3.8, 4) is 0 Å². The van der Waals surface area contributed by atoms with Gasteiger partial charge in [0.25, 0.3) is 0 Å². The second-order valence-electron chi connectivity index (χ2n) is 5.19. The lowest BCUT2D eigenvalue weighted by Crippen LogP contribution is -2.42. The molecule has 0 spiro atoms. The van der Waals surface area contributed by atoms with Crippen LogP contribution in [-0.2, 0) is 4.79 Å². The molecular weight excluding hydrogens is 280 g/mol. The van der Waals surface area contributed by atoms with Crippen molar-refractivity contribution in [1.29, 1.82) is 0 Å². The Balaban J connectivity index is 3.69. The van der Waals surface area contributed by atoms with E-state index in [0.717, 1.165) is 58.9 Å². The van der Waals surface area contributed by atoms with E-state index in [-0.39, 0.29) is 5.91 Å². The molecule has 0 fully saturated rings. The van der Waals surface area contributed by atoms with E-state index < -0.39 is 0 Å². The van der Waals surface area contributed by atoms with E-state index in [1.807, 2.05) is 6.92 Å². The van der Waals surface area contributed by atoms with Crippen LogP contribution in [0.25, 0.3) is 0 Å². The Morgan fingerprint density at radius 3 is 2.00 bits per heavy atom. The number of rotatable bonds is 16. The number of amides is 1. The highest BCUT2D eigenvalue weighted by Crippen LogP contribution is 1.86. The van der Waals surface area contributed by atoms with Crippen LogP contribution in [-0.4, -0.2) is 82.8 Å². The molecule has 132 valence electrons. The third kappa shape index (κ3) is 14.2. The molecule has 0 radical (unpaired) electrons. The maximum Gasteiger partial charge on any atom is 0.219 e. The van der Waals surface area contributed by atoms with Crippen molar-refractivity contribution in [3.05, 3.63) is 0 Å². The number of hydrogen-bond acceptors (Lipinski definition) is 6. The summed E-state index contributed by atoms with van der Waals surface area (Å²) < 4.78 is 0. The lowest BCUT2D eigenvalue weighted by Gasteiger charge is -2.23. The van der Waals surface area contributed by atoms with Crippen LogP contribution >= 0.6 is 0 Å². The summed E-state index contributed by atoms with van der Waals surface area (Å²) in [6, 6.07) is 0. The second kappa shape index (κ2) is 16.6. The van der Waals surface area contributed by atoms with E-state index in [1.165, 1.54) is 0 Å². The summed E-state index contributed by atoms with van der Waals surface area (Å²) in [6.45, 7) is 14.1. The van der Waals surface area contributed by atoms with Gasteiger partial charge in [-0.05, 0) is 6.54 Å². The first-order valence-corrected chi connectivity index (χ1v) is 8.55. The monoisotopic (exact) mass is 316 g/mol. The van der Waals surface area contributed by atoms with Crippen molar-refractivity contribution in [3.63, 3.8) is 0 Å². The molecule has 1 amide bonds. The SMILES string of the molecule is CCNCCN(CCNCCN)CCNCCNC(=O)CC. The first-order chi connectivity index (χ1) is 10.7. The molecule has 0 aliphatic rings. The highest BCUT2D eigenvalue weighted by molar-refractivity contribution is 5.75. The molecule has 7 heteroatoms. The summed E-state index contributed by atoms with van der Waals surface area (Å²) >= 11 is 0. The molecule has 0 saturated heterocycles. The van der Waals surface area contributed by atoms with Crippen LogP contribution in [0.1, 0.15) is 20.3 Å². The number of carbonyl (C=O) groups excluding carboxylic acids is 1. The summed E-state index contributed by atoms with van der Waals surface area (Å²) in [5, 5.41) is 12.9. The Kier molecular flexibility index (Phi) is 16.1. The second-order valence-corrected chi connectivity index (χ2v) is 5.19. The van der Waals surface area contributed by atoms with Crippen LogP contribution in [0.4, 0.5) is 0 Å². The summed E-state index contributed by atoms with van der Waals surface area (Å²) in [4.78, 5) is 13.5. The first kappa shape index (κ1) is 21.3. The Morgan fingerprint density at radius 2 is 1.45 bits per heavy atom. The van der Waals surface area contributed by atoms with E-state index in [0.29, 0.717) is 19.5 Å². The van der Waals surface area contributed by atoms with Crippen molar-refractivity contribution in [2.24, 2.45) is 5.73 Å². The van der Waals surface area contributed by atoms with Crippen molar-refractivity contribution >= 4 is 5.91 Å². The van der Waals surface area contributed by atoms with Gasteiger partial charge in [0.05, 0.1) is 0 Å².